The van der Waals surface area contributed by atoms with Crippen LogP contribution in [-0.2, 0) is 11.3 Å². The van der Waals surface area contributed by atoms with Crippen LogP contribution in [0.5, 0.6) is 11.5 Å². The van der Waals surface area contributed by atoms with Gasteiger partial charge in [0.1, 0.15) is 23.0 Å². The number of aromatic nitrogens is 2. The highest BCUT2D eigenvalue weighted by Crippen LogP contribution is 2.26. The number of aryl methyl sites for hydroxylation is 2. The average Bonchev–Trinajstić information content (AvgIpc) is 3.32. The van der Waals surface area contributed by atoms with Crippen LogP contribution in [0.1, 0.15) is 27.8 Å². The Morgan fingerprint density at radius 2 is 1.72 bits per heavy atom. The summed E-state index contributed by atoms with van der Waals surface area (Å²) in [5, 5.41) is 7.91. The zero-order valence-corrected chi connectivity index (χ0v) is 15.9. The molecule has 0 atom stereocenters. The SMILES string of the molecule is Cc1cc(-c2nnc(COC(=O)c3cccc(Oc4ccccc4)c3)o2)c(C)o1. The Morgan fingerprint density at radius 3 is 2.48 bits per heavy atom. The van der Waals surface area contributed by atoms with E-state index in [1.54, 1.807) is 24.3 Å². The van der Waals surface area contributed by atoms with E-state index in [9.17, 15) is 4.79 Å². The van der Waals surface area contributed by atoms with Crippen molar-refractivity contribution in [1.82, 2.24) is 10.2 Å². The summed E-state index contributed by atoms with van der Waals surface area (Å²) in [5.41, 5.74) is 1.08. The van der Waals surface area contributed by atoms with Gasteiger partial charge in [-0.15, -0.1) is 10.2 Å². The number of hydrogen-bond donors (Lipinski definition) is 0. The summed E-state index contributed by atoms with van der Waals surface area (Å²) in [6.07, 6.45) is 0. The number of hydrogen-bond acceptors (Lipinski definition) is 7. The van der Waals surface area contributed by atoms with E-state index in [1.807, 2.05) is 50.2 Å². The second kappa shape index (κ2) is 8.02. The number of nitrogens with zero attached hydrogens (tertiary/aromatic N) is 2. The van der Waals surface area contributed by atoms with Crippen LogP contribution in [0.4, 0.5) is 0 Å². The van der Waals surface area contributed by atoms with Crippen LogP contribution < -0.4 is 4.74 Å². The highest BCUT2D eigenvalue weighted by atomic mass is 16.5. The van der Waals surface area contributed by atoms with Gasteiger partial charge in [0.25, 0.3) is 11.8 Å². The van der Waals surface area contributed by atoms with Gasteiger partial charge in [-0.2, -0.15) is 0 Å². The second-order valence-electron chi connectivity index (χ2n) is 6.35. The molecule has 0 N–H and O–H groups in total. The number of ether oxygens (including phenoxy) is 2. The van der Waals surface area contributed by atoms with Crippen molar-refractivity contribution in [2.75, 3.05) is 0 Å². The highest BCUT2D eigenvalue weighted by Gasteiger charge is 2.16. The van der Waals surface area contributed by atoms with E-state index in [0.29, 0.717) is 28.7 Å². The number of carbonyl (C=O) groups excluding carboxylic acids is 1. The zero-order valence-electron chi connectivity index (χ0n) is 15.9. The van der Waals surface area contributed by atoms with Gasteiger partial charge < -0.3 is 18.3 Å². The largest absolute Gasteiger partial charge is 0.466 e. The molecule has 0 aliphatic carbocycles. The van der Waals surface area contributed by atoms with Gasteiger partial charge in [0.2, 0.25) is 0 Å². The Bertz CT molecular complexity index is 1130. The molecule has 0 spiro atoms. The number of rotatable bonds is 6. The van der Waals surface area contributed by atoms with Crippen LogP contribution >= 0.6 is 0 Å². The highest BCUT2D eigenvalue weighted by molar-refractivity contribution is 5.89. The maximum Gasteiger partial charge on any atom is 0.338 e. The van der Waals surface area contributed by atoms with E-state index in [4.69, 9.17) is 18.3 Å². The fourth-order valence-electron chi connectivity index (χ4n) is 2.79. The summed E-state index contributed by atoms with van der Waals surface area (Å²) >= 11 is 0. The van der Waals surface area contributed by atoms with Crippen LogP contribution in [0.2, 0.25) is 0 Å². The molecule has 0 amide bonds. The van der Waals surface area contributed by atoms with Gasteiger partial charge in [0, 0.05) is 0 Å². The van der Waals surface area contributed by atoms with Gasteiger partial charge in [0.05, 0.1) is 11.1 Å². The van der Waals surface area contributed by atoms with Crippen molar-refractivity contribution in [3.8, 4) is 23.0 Å². The van der Waals surface area contributed by atoms with Crippen LogP contribution in [0.3, 0.4) is 0 Å². The van der Waals surface area contributed by atoms with E-state index >= 15 is 0 Å². The lowest BCUT2D eigenvalue weighted by atomic mass is 10.2. The molecule has 29 heavy (non-hydrogen) atoms. The predicted octanol–water partition coefficient (Wildman–Crippen LogP) is 5.10. The molecule has 0 radical (unpaired) electrons. The molecule has 0 fully saturated rings. The van der Waals surface area contributed by atoms with Crippen molar-refractivity contribution >= 4 is 5.97 Å². The summed E-state index contributed by atoms with van der Waals surface area (Å²) in [6, 6.07) is 17.9. The Balaban J connectivity index is 1.40. The summed E-state index contributed by atoms with van der Waals surface area (Å²) in [7, 11) is 0. The lowest BCUT2D eigenvalue weighted by Crippen LogP contribution is -2.05. The molecule has 0 saturated carbocycles. The van der Waals surface area contributed by atoms with E-state index in [1.165, 1.54) is 0 Å². The third-order valence-corrected chi connectivity index (χ3v) is 4.11. The van der Waals surface area contributed by atoms with Crippen LogP contribution in [-0.4, -0.2) is 16.2 Å². The summed E-state index contributed by atoms with van der Waals surface area (Å²) in [4.78, 5) is 12.4. The lowest BCUT2D eigenvalue weighted by molar-refractivity contribution is 0.0438. The Kier molecular flexibility index (Phi) is 5.11. The van der Waals surface area contributed by atoms with Gasteiger partial charge in [0.15, 0.2) is 6.61 Å². The molecule has 7 heteroatoms. The maximum absolute atomic E-state index is 12.4. The molecular weight excluding hydrogens is 372 g/mol. The molecule has 7 nitrogen and oxygen atoms in total. The van der Waals surface area contributed by atoms with Gasteiger partial charge in [-0.3, -0.25) is 0 Å². The normalized spacial score (nSPS) is 10.7. The minimum atomic E-state index is -0.515. The van der Waals surface area contributed by atoms with Gasteiger partial charge in [-0.25, -0.2) is 4.79 Å². The number of esters is 1. The van der Waals surface area contributed by atoms with Crippen LogP contribution in [0.25, 0.3) is 11.5 Å². The molecular formula is C22H18N2O5. The minimum Gasteiger partial charge on any atom is -0.466 e. The van der Waals surface area contributed by atoms with Crippen molar-refractivity contribution in [2.24, 2.45) is 0 Å². The van der Waals surface area contributed by atoms with E-state index in [2.05, 4.69) is 10.2 Å². The topological polar surface area (TPSA) is 87.6 Å². The fraction of sp³-hybridized carbons (Fsp3) is 0.136. The molecule has 0 bridgehead atoms. The molecule has 4 rings (SSSR count). The molecule has 0 aliphatic heterocycles. The van der Waals surface area contributed by atoms with Gasteiger partial charge in [-0.1, -0.05) is 24.3 Å². The molecule has 2 aromatic heterocycles. The summed E-state index contributed by atoms with van der Waals surface area (Å²) in [6.45, 7) is 3.52. The summed E-state index contributed by atoms with van der Waals surface area (Å²) < 4.78 is 22.1. The monoisotopic (exact) mass is 390 g/mol. The minimum absolute atomic E-state index is 0.133. The number of para-hydroxylation sites is 1. The third kappa shape index (κ3) is 4.35. The third-order valence-electron chi connectivity index (χ3n) is 4.11. The second-order valence-corrected chi connectivity index (χ2v) is 6.35. The molecule has 0 aliphatic rings. The molecule has 2 heterocycles. The maximum atomic E-state index is 12.4. The Labute approximate surface area is 166 Å². The Hall–Kier alpha value is -3.87. The predicted molar refractivity (Wildman–Crippen MR) is 104 cm³/mol. The fourth-order valence-corrected chi connectivity index (χ4v) is 2.79. The Morgan fingerprint density at radius 1 is 0.931 bits per heavy atom. The van der Waals surface area contributed by atoms with Crippen LogP contribution in [0, 0.1) is 13.8 Å². The molecule has 146 valence electrons. The smallest absolute Gasteiger partial charge is 0.338 e. The van der Waals surface area contributed by atoms with E-state index in [-0.39, 0.29) is 12.5 Å². The molecule has 4 aromatic rings. The first-order valence-corrected chi connectivity index (χ1v) is 8.98. The standard InChI is InChI=1S/C22H18N2O5/c1-14-11-19(15(2)27-14)21-24-23-20(29-21)13-26-22(25)16-7-6-10-18(12-16)28-17-8-4-3-5-9-17/h3-12H,13H2,1-2H3. The van der Waals surface area contributed by atoms with Crippen molar-refractivity contribution < 1.29 is 23.1 Å². The first kappa shape index (κ1) is 18.5. The first-order valence-electron chi connectivity index (χ1n) is 8.98. The van der Waals surface area contributed by atoms with Gasteiger partial charge >= 0.3 is 5.97 Å². The van der Waals surface area contributed by atoms with Crippen molar-refractivity contribution in [3.05, 3.63) is 83.6 Å². The van der Waals surface area contributed by atoms with Crippen molar-refractivity contribution in [3.63, 3.8) is 0 Å². The zero-order chi connectivity index (χ0) is 20.2. The number of carbonyl (C=O) groups is 1. The lowest BCUT2D eigenvalue weighted by Gasteiger charge is -2.07. The van der Waals surface area contributed by atoms with Crippen LogP contribution in [0.15, 0.2) is 69.5 Å². The molecule has 0 saturated heterocycles. The number of furan rings is 1. The van der Waals surface area contributed by atoms with E-state index < -0.39 is 5.97 Å². The van der Waals surface area contributed by atoms with Gasteiger partial charge in [-0.05, 0) is 50.2 Å². The van der Waals surface area contributed by atoms with E-state index in [0.717, 1.165) is 11.3 Å². The van der Waals surface area contributed by atoms with Crippen molar-refractivity contribution in [2.45, 2.75) is 20.5 Å². The summed E-state index contributed by atoms with van der Waals surface area (Å²) in [5.74, 6) is 2.66. The average molecular weight is 390 g/mol. The number of benzene rings is 2. The van der Waals surface area contributed by atoms with Crippen molar-refractivity contribution in [1.29, 1.82) is 0 Å². The molecule has 0 unspecified atom stereocenters. The molecule has 2 aromatic carbocycles. The quantitative estimate of drug-likeness (QED) is 0.423. The first-order chi connectivity index (χ1) is 14.1.